The highest BCUT2D eigenvalue weighted by atomic mass is 32.1. The fourth-order valence-electron chi connectivity index (χ4n) is 4.50. The van der Waals surface area contributed by atoms with Gasteiger partial charge in [0.15, 0.2) is 0 Å². The van der Waals surface area contributed by atoms with Crippen molar-refractivity contribution >= 4 is 27.5 Å². The van der Waals surface area contributed by atoms with Gasteiger partial charge in [-0.2, -0.15) is 0 Å². The molecule has 1 aliphatic carbocycles. The molecule has 25 heavy (non-hydrogen) atoms. The monoisotopic (exact) mass is 357 g/mol. The maximum atomic E-state index is 12.4. The van der Waals surface area contributed by atoms with Crippen LogP contribution in [0.1, 0.15) is 43.5 Å². The lowest BCUT2D eigenvalue weighted by Crippen LogP contribution is -2.50. The Labute approximate surface area is 153 Å². The first kappa shape index (κ1) is 17.0. The quantitative estimate of drug-likeness (QED) is 0.889. The molecular weight excluding hydrogens is 330 g/mol. The van der Waals surface area contributed by atoms with Gasteiger partial charge in [0.25, 0.3) is 0 Å². The van der Waals surface area contributed by atoms with Gasteiger partial charge >= 0.3 is 0 Å². The van der Waals surface area contributed by atoms with E-state index in [1.54, 1.807) is 11.3 Å². The Morgan fingerprint density at radius 3 is 2.96 bits per heavy atom. The summed E-state index contributed by atoms with van der Waals surface area (Å²) in [5.41, 5.74) is 1.06. The molecule has 4 rings (SSSR count). The van der Waals surface area contributed by atoms with E-state index in [-0.39, 0.29) is 5.91 Å². The Bertz CT molecular complexity index is 694. The predicted octanol–water partition coefficient (Wildman–Crippen LogP) is 3.61. The number of rotatable bonds is 5. The fraction of sp³-hybridized carbons (Fsp3) is 0.600. The second-order valence-corrected chi connectivity index (χ2v) is 8.52. The van der Waals surface area contributed by atoms with Gasteiger partial charge in [0.1, 0.15) is 0 Å². The van der Waals surface area contributed by atoms with Crippen molar-refractivity contribution in [1.29, 1.82) is 0 Å². The van der Waals surface area contributed by atoms with Crippen LogP contribution in [0.25, 0.3) is 10.2 Å². The molecule has 1 saturated carbocycles. The van der Waals surface area contributed by atoms with Gasteiger partial charge < -0.3 is 5.32 Å². The summed E-state index contributed by atoms with van der Waals surface area (Å²) in [6.45, 7) is 2.34. The molecule has 2 fully saturated rings. The number of para-hydroxylation sites is 1. The van der Waals surface area contributed by atoms with Gasteiger partial charge in [0.05, 0.1) is 21.8 Å². The minimum Gasteiger partial charge on any atom is -0.355 e. The number of likely N-dealkylation sites (tertiary alicyclic amines) is 1. The van der Waals surface area contributed by atoms with Crippen LogP contribution in [-0.4, -0.2) is 41.5 Å². The third kappa shape index (κ3) is 4.04. The van der Waals surface area contributed by atoms with E-state index in [0.717, 1.165) is 29.4 Å². The molecule has 1 amide bonds. The van der Waals surface area contributed by atoms with Gasteiger partial charge in [-0.15, -0.1) is 11.3 Å². The van der Waals surface area contributed by atoms with Crippen molar-refractivity contribution in [3.05, 3.63) is 29.3 Å². The number of carbonyl (C=O) groups is 1. The van der Waals surface area contributed by atoms with E-state index in [4.69, 9.17) is 0 Å². The van der Waals surface area contributed by atoms with E-state index in [1.807, 2.05) is 18.2 Å². The van der Waals surface area contributed by atoms with Crippen LogP contribution >= 0.6 is 11.3 Å². The van der Waals surface area contributed by atoms with Gasteiger partial charge in [-0.25, -0.2) is 4.98 Å². The predicted molar refractivity (Wildman–Crippen MR) is 103 cm³/mol. The summed E-state index contributed by atoms with van der Waals surface area (Å²) in [6.07, 6.45) is 8.78. The van der Waals surface area contributed by atoms with E-state index < -0.39 is 0 Å². The van der Waals surface area contributed by atoms with E-state index in [0.29, 0.717) is 19.1 Å². The lowest BCUT2D eigenvalue weighted by Gasteiger charge is -2.43. The summed E-state index contributed by atoms with van der Waals surface area (Å²) >= 11 is 1.73. The summed E-state index contributed by atoms with van der Waals surface area (Å²) in [7, 11) is 0. The van der Waals surface area contributed by atoms with Crippen LogP contribution < -0.4 is 5.32 Å². The average molecular weight is 358 g/mol. The van der Waals surface area contributed by atoms with E-state index in [1.165, 1.54) is 43.2 Å². The number of thiazole rings is 1. The molecule has 2 aromatic rings. The zero-order chi connectivity index (χ0) is 17.1. The molecule has 0 bridgehead atoms. The molecule has 2 aliphatic rings. The molecule has 0 spiro atoms. The lowest BCUT2D eigenvalue weighted by molar-refractivity contribution is -0.123. The molecule has 1 aromatic carbocycles. The van der Waals surface area contributed by atoms with Crippen LogP contribution in [-0.2, 0) is 11.2 Å². The molecule has 2 unspecified atom stereocenters. The number of benzene rings is 1. The Hall–Kier alpha value is -1.46. The summed E-state index contributed by atoms with van der Waals surface area (Å²) in [6, 6.07) is 8.86. The number of piperidine rings is 1. The highest BCUT2D eigenvalue weighted by Crippen LogP contribution is 2.34. The summed E-state index contributed by atoms with van der Waals surface area (Å²) in [4.78, 5) is 19.5. The van der Waals surface area contributed by atoms with Gasteiger partial charge in [0.2, 0.25) is 5.91 Å². The molecule has 1 saturated heterocycles. The Kier molecular flexibility index (Phi) is 5.32. The molecule has 134 valence electrons. The molecule has 1 aliphatic heterocycles. The van der Waals surface area contributed by atoms with Crippen LogP contribution in [0, 0.1) is 5.92 Å². The van der Waals surface area contributed by atoms with Crippen molar-refractivity contribution in [3.63, 3.8) is 0 Å². The van der Waals surface area contributed by atoms with Crippen molar-refractivity contribution in [2.75, 3.05) is 19.6 Å². The molecular formula is C20H27N3OS. The first-order chi connectivity index (χ1) is 12.3. The van der Waals surface area contributed by atoms with Crippen LogP contribution in [0.3, 0.4) is 0 Å². The van der Waals surface area contributed by atoms with Crippen molar-refractivity contribution in [2.24, 2.45) is 5.92 Å². The number of hydrogen-bond donors (Lipinski definition) is 1. The van der Waals surface area contributed by atoms with Crippen molar-refractivity contribution < 1.29 is 4.79 Å². The lowest BCUT2D eigenvalue weighted by atomic mass is 9.78. The second-order valence-electron chi connectivity index (χ2n) is 7.40. The number of fused-ring (bicyclic) bond motifs is 2. The SMILES string of the molecule is O=C(CN1CCCC2CCCCC21)NCCc1nc2ccccc2s1. The third-order valence-corrected chi connectivity index (χ3v) is 6.80. The van der Waals surface area contributed by atoms with Gasteiger partial charge in [-0.05, 0) is 50.3 Å². The molecule has 2 heterocycles. The van der Waals surface area contributed by atoms with Crippen molar-refractivity contribution in [3.8, 4) is 0 Å². The van der Waals surface area contributed by atoms with E-state index in [2.05, 4.69) is 21.3 Å². The molecule has 1 N–H and O–H groups in total. The summed E-state index contributed by atoms with van der Waals surface area (Å²) < 4.78 is 1.22. The van der Waals surface area contributed by atoms with Crippen LogP contribution in [0.5, 0.6) is 0 Å². The zero-order valence-corrected chi connectivity index (χ0v) is 15.6. The van der Waals surface area contributed by atoms with Gasteiger partial charge in [-0.1, -0.05) is 25.0 Å². The van der Waals surface area contributed by atoms with Crippen LogP contribution in [0.4, 0.5) is 0 Å². The number of nitrogens with zero attached hydrogens (tertiary/aromatic N) is 2. The number of hydrogen-bond acceptors (Lipinski definition) is 4. The minimum absolute atomic E-state index is 0.173. The smallest absolute Gasteiger partial charge is 0.234 e. The van der Waals surface area contributed by atoms with Crippen molar-refractivity contribution in [2.45, 2.75) is 51.0 Å². The van der Waals surface area contributed by atoms with E-state index in [9.17, 15) is 4.79 Å². The molecule has 0 radical (unpaired) electrons. The Morgan fingerprint density at radius 2 is 2.04 bits per heavy atom. The van der Waals surface area contributed by atoms with Crippen LogP contribution in [0.2, 0.25) is 0 Å². The summed E-state index contributed by atoms with van der Waals surface area (Å²) in [5.74, 6) is 1.00. The minimum atomic E-state index is 0.173. The molecule has 2 atom stereocenters. The molecule has 5 heteroatoms. The number of amides is 1. The first-order valence-electron chi connectivity index (χ1n) is 9.65. The number of nitrogens with one attached hydrogen (secondary N) is 1. The third-order valence-electron chi connectivity index (χ3n) is 5.70. The summed E-state index contributed by atoms with van der Waals surface area (Å²) in [5, 5.41) is 4.21. The first-order valence-corrected chi connectivity index (χ1v) is 10.5. The maximum Gasteiger partial charge on any atom is 0.234 e. The molecule has 4 nitrogen and oxygen atoms in total. The zero-order valence-electron chi connectivity index (χ0n) is 14.7. The highest BCUT2D eigenvalue weighted by Gasteiger charge is 2.33. The van der Waals surface area contributed by atoms with Crippen LogP contribution in [0.15, 0.2) is 24.3 Å². The average Bonchev–Trinajstić information content (AvgIpc) is 3.05. The van der Waals surface area contributed by atoms with Crippen molar-refractivity contribution in [1.82, 2.24) is 15.2 Å². The highest BCUT2D eigenvalue weighted by molar-refractivity contribution is 7.18. The van der Waals surface area contributed by atoms with E-state index >= 15 is 0 Å². The number of carbonyl (C=O) groups excluding carboxylic acids is 1. The largest absolute Gasteiger partial charge is 0.355 e. The fourth-order valence-corrected chi connectivity index (χ4v) is 5.47. The van der Waals surface area contributed by atoms with Gasteiger partial charge in [0, 0.05) is 19.0 Å². The second kappa shape index (κ2) is 7.83. The topological polar surface area (TPSA) is 45.2 Å². The van der Waals surface area contributed by atoms with Gasteiger partial charge in [-0.3, -0.25) is 9.69 Å². The Morgan fingerprint density at radius 1 is 1.20 bits per heavy atom. The number of aromatic nitrogens is 1. The standard InChI is InChI=1S/C20H27N3OS/c24-19(14-23-13-5-7-15-6-1-3-9-17(15)23)21-12-11-20-22-16-8-2-4-10-18(16)25-20/h2,4,8,10,15,17H,1,3,5-7,9,11-14H2,(H,21,24). The Balaban J connectivity index is 1.26. The normalized spacial score (nSPS) is 24.2. The maximum absolute atomic E-state index is 12.4. The molecule has 1 aromatic heterocycles.